The first-order valence-corrected chi connectivity index (χ1v) is 17.9. The van der Waals surface area contributed by atoms with Gasteiger partial charge in [0.05, 0.1) is 10.6 Å². The number of nitrogens with one attached hydrogen (secondary N) is 1. The number of Topliss-reactive ketones (excluding diaryl/α,β-unsaturated/α-hetero) is 2. The zero-order chi connectivity index (χ0) is 32.7. The Kier molecular flexibility index (Phi) is 8.28. The number of fused-ring (bicyclic) bond motifs is 3. The minimum atomic E-state index is -4.07. The predicted octanol–water partition coefficient (Wildman–Crippen LogP) is 8.58. The molecule has 0 spiro atoms. The molecule has 0 saturated heterocycles. The second-order valence-electron chi connectivity index (χ2n) is 12.2. The molecule has 7 rings (SSSR count). The fourth-order valence-electron chi connectivity index (χ4n) is 7.32. The molecule has 0 radical (unpaired) electrons. The highest BCUT2D eigenvalue weighted by Crippen LogP contribution is 2.62. The van der Waals surface area contributed by atoms with Gasteiger partial charge < -0.3 is 0 Å². The van der Waals surface area contributed by atoms with Gasteiger partial charge in [-0.1, -0.05) is 131 Å². The second-order valence-corrected chi connectivity index (χ2v) is 14.8. The van der Waals surface area contributed by atoms with E-state index in [9.17, 15) is 13.2 Å². The van der Waals surface area contributed by atoms with Gasteiger partial charge in [0.1, 0.15) is 0 Å². The summed E-state index contributed by atoms with van der Waals surface area (Å²) >= 11 is 3.55. The van der Waals surface area contributed by atoms with Crippen molar-refractivity contribution in [2.24, 2.45) is 5.92 Å². The lowest BCUT2D eigenvalue weighted by Gasteiger charge is -2.24. The smallest absolute Gasteiger partial charge is 0.261 e. The Morgan fingerprint density at radius 2 is 1.28 bits per heavy atom. The monoisotopic (exact) mass is 701 g/mol. The van der Waals surface area contributed by atoms with Crippen molar-refractivity contribution < 1.29 is 18.0 Å². The Morgan fingerprint density at radius 1 is 0.702 bits per heavy atom. The molecule has 1 saturated carbocycles. The van der Waals surface area contributed by atoms with Crippen molar-refractivity contribution in [3.8, 4) is 0 Å². The van der Waals surface area contributed by atoms with E-state index in [0.717, 1.165) is 26.7 Å². The van der Waals surface area contributed by atoms with Crippen LogP contribution in [0.2, 0.25) is 0 Å². The van der Waals surface area contributed by atoms with Gasteiger partial charge in [0.2, 0.25) is 0 Å². The van der Waals surface area contributed by atoms with Crippen LogP contribution in [0.25, 0.3) is 5.70 Å². The maximum atomic E-state index is 15.1. The molecule has 47 heavy (non-hydrogen) atoms. The minimum Gasteiger partial charge on any atom is -0.294 e. The number of carbonyl (C=O) groups is 2. The van der Waals surface area contributed by atoms with Gasteiger partial charge in [-0.2, -0.15) is 0 Å². The highest BCUT2D eigenvalue weighted by molar-refractivity contribution is 9.10. The van der Waals surface area contributed by atoms with Crippen molar-refractivity contribution in [3.63, 3.8) is 0 Å². The Hall–Kier alpha value is -4.59. The molecule has 1 N–H and O–H groups in total. The zero-order valence-electron chi connectivity index (χ0n) is 25.6. The zero-order valence-corrected chi connectivity index (χ0v) is 28.0. The Morgan fingerprint density at radius 3 is 1.91 bits per heavy atom. The lowest BCUT2D eigenvalue weighted by atomic mass is 9.80. The van der Waals surface area contributed by atoms with Crippen molar-refractivity contribution in [1.82, 2.24) is 4.72 Å². The van der Waals surface area contributed by atoms with Crippen LogP contribution < -0.4 is 4.72 Å². The van der Waals surface area contributed by atoms with Crippen LogP contribution in [0, 0.1) is 12.8 Å². The number of carbonyl (C=O) groups excluding carboxylic acids is 2. The van der Waals surface area contributed by atoms with Gasteiger partial charge in [0.15, 0.2) is 11.6 Å². The summed E-state index contributed by atoms with van der Waals surface area (Å²) in [5, 5.41) is 0. The molecule has 5 aromatic carbocycles. The molecule has 5 nitrogen and oxygen atoms in total. The maximum Gasteiger partial charge on any atom is 0.261 e. The standard InChI is InChI=1S/C40H32BrNO4S/c1-25-16-22-30(23-17-25)47(45,46)42-39(28-12-6-3-7-13-28)38-35(27-18-20-29(41)21-19-27)36-32-15-9-8-14-31(32)33(37(36)40(38)44)24-34(43)26-10-4-2-5-11-26/h2-23,33,35-37,42H,24H2,1H3/b39-38-/t33-,35+,36-,37-/m0/s1. The van der Waals surface area contributed by atoms with E-state index in [1.807, 2.05) is 97.9 Å². The summed E-state index contributed by atoms with van der Waals surface area (Å²) in [6.07, 6.45) is 0.171. The summed E-state index contributed by atoms with van der Waals surface area (Å²) in [7, 11) is -4.07. The number of halogens is 1. The Bertz CT molecular complexity index is 2110. The van der Waals surface area contributed by atoms with Gasteiger partial charge in [0.25, 0.3) is 10.0 Å². The number of hydrogen-bond acceptors (Lipinski definition) is 4. The molecule has 0 aromatic heterocycles. The van der Waals surface area contributed by atoms with Crippen LogP contribution in [-0.2, 0) is 14.8 Å². The quantitative estimate of drug-likeness (QED) is 0.130. The van der Waals surface area contributed by atoms with E-state index < -0.39 is 21.9 Å². The summed E-state index contributed by atoms with van der Waals surface area (Å²) in [6, 6.07) is 40.9. The van der Waals surface area contributed by atoms with Crippen LogP contribution >= 0.6 is 15.9 Å². The number of ketones is 2. The number of rotatable bonds is 8. The molecule has 0 aliphatic heterocycles. The summed E-state index contributed by atoms with van der Waals surface area (Å²) in [5.41, 5.74) is 5.75. The van der Waals surface area contributed by atoms with E-state index in [4.69, 9.17) is 0 Å². The van der Waals surface area contributed by atoms with Crippen LogP contribution in [0.5, 0.6) is 0 Å². The van der Waals surface area contributed by atoms with Crippen molar-refractivity contribution in [2.75, 3.05) is 0 Å². The van der Waals surface area contributed by atoms with Crippen LogP contribution in [0.1, 0.15) is 62.3 Å². The average Bonchev–Trinajstić information content (AvgIpc) is 3.57. The lowest BCUT2D eigenvalue weighted by molar-refractivity contribution is -0.118. The fourth-order valence-corrected chi connectivity index (χ4v) is 8.69. The molecular weight excluding hydrogens is 670 g/mol. The molecular formula is C40H32BrNO4S. The lowest BCUT2D eigenvalue weighted by Crippen LogP contribution is -2.26. The van der Waals surface area contributed by atoms with Gasteiger partial charge in [0, 0.05) is 45.7 Å². The second kappa shape index (κ2) is 12.5. The molecule has 0 bridgehead atoms. The highest BCUT2D eigenvalue weighted by Gasteiger charge is 2.57. The Labute approximate surface area is 283 Å². The van der Waals surface area contributed by atoms with Crippen molar-refractivity contribution >= 4 is 43.2 Å². The number of allylic oxidation sites excluding steroid dienone is 1. The fraction of sp³-hybridized carbons (Fsp3) is 0.150. The average molecular weight is 703 g/mol. The first-order valence-electron chi connectivity index (χ1n) is 15.6. The molecule has 2 aliphatic carbocycles. The number of hydrogen-bond donors (Lipinski definition) is 1. The third kappa shape index (κ3) is 5.79. The third-order valence-corrected chi connectivity index (χ3v) is 11.3. The third-order valence-electron chi connectivity index (χ3n) is 9.44. The summed E-state index contributed by atoms with van der Waals surface area (Å²) < 4.78 is 31.7. The molecule has 234 valence electrons. The molecule has 2 aliphatic rings. The van der Waals surface area contributed by atoms with Crippen LogP contribution in [0.15, 0.2) is 148 Å². The van der Waals surface area contributed by atoms with Crippen LogP contribution in [-0.4, -0.2) is 20.0 Å². The SMILES string of the molecule is Cc1ccc(S(=O)(=O)N/C(=C2\C(=O)[C@@H]3[C@@H](c4ccccc4[C@@H]3CC(=O)c3ccccc3)[C@H]2c2ccc(Br)cc2)c2ccccc2)cc1. The van der Waals surface area contributed by atoms with E-state index in [1.54, 1.807) is 36.4 Å². The van der Waals surface area contributed by atoms with Gasteiger partial charge in [-0.15, -0.1) is 0 Å². The molecule has 0 heterocycles. The summed E-state index contributed by atoms with van der Waals surface area (Å²) in [4.78, 5) is 28.9. The van der Waals surface area contributed by atoms with Crippen molar-refractivity contribution in [3.05, 3.63) is 177 Å². The summed E-state index contributed by atoms with van der Waals surface area (Å²) in [5.74, 6) is -1.83. The first-order chi connectivity index (χ1) is 22.7. The van der Waals surface area contributed by atoms with E-state index >= 15 is 4.79 Å². The molecule has 1 fully saturated rings. The van der Waals surface area contributed by atoms with E-state index in [2.05, 4.69) is 26.7 Å². The number of sulfonamides is 1. The molecule has 5 aromatic rings. The van der Waals surface area contributed by atoms with E-state index in [1.165, 1.54) is 0 Å². The van der Waals surface area contributed by atoms with Crippen LogP contribution in [0.4, 0.5) is 0 Å². The number of aryl methyl sites for hydroxylation is 1. The van der Waals surface area contributed by atoms with Crippen molar-refractivity contribution in [2.45, 2.75) is 36.0 Å². The minimum absolute atomic E-state index is 0.0279. The molecule has 0 amide bonds. The van der Waals surface area contributed by atoms with Gasteiger partial charge >= 0.3 is 0 Å². The van der Waals surface area contributed by atoms with E-state index in [0.29, 0.717) is 16.7 Å². The topological polar surface area (TPSA) is 80.3 Å². The highest BCUT2D eigenvalue weighted by atomic mass is 79.9. The number of benzene rings is 5. The van der Waals surface area contributed by atoms with Gasteiger partial charge in [-0.3, -0.25) is 14.3 Å². The Balaban J connectivity index is 1.44. The van der Waals surface area contributed by atoms with Crippen LogP contribution in [0.3, 0.4) is 0 Å². The van der Waals surface area contributed by atoms with Crippen molar-refractivity contribution in [1.29, 1.82) is 0 Å². The first kappa shape index (κ1) is 31.0. The maximum absolute atomic E-state index is 15.1. The molecule has 4 atom stereocenters. The molecule has 7 heteroatoms. The summed E-state index contributed by atoms with van der Waals surface area (Å²) in [6.45, 7) is 1.90. The predicted molar refractivity (Wildman–Crippen MR) is 188 cm³/mol. The largest absolute Gasteiger partial charge is 0.294 e. The van der Waals surface area contributed by atoms with Gasteiger partial charge in [-0.25, -0.2) is 8.42 Å². The van der Waals surface area contributed by atoms with Gasteiger partial charge in [-0.05, 0) is 53.4 Å². The molecule has 0 unspecified atom stereocenters. The normalized spacial score (nSPS) is 21.2. The van der Waals surface area contributed by atoms with E-state index in [-0.39, 0.29) is 40.4 Å².